The van der Waals surface area contributed by atoms with Crippen molar-refractivity contribution in [1.82, 2.24) is 10.3 Å². The molecule has 1 heterocycles. The third-order valence-corrected chi connectivity index (χ3v) is 1.96. The second-order valence-corrected chi connectivity index (χ2v) is 3.13. The number of carbonyl (C=O) groups is 1. The third-order valence-electron chi connectivity index (χ3n) is 1.96. The van der Waals surface area contributed by atoms with Gasteiger partial charge in [0.05, 0.1) is 0 Å². The van der Waals surface area contributed by atoms with Gasteiger partial charge in [-0.05, 0) is 25.0 Å². The van der Waals surface area contributed by atoms with Gasteiger partial charge >= 0.3 is 5.97 Å². The van der Waals surface area contributed by atoms with Crippen molar-refractivity contribution in [3.63, 3.8) is 0 Å². The lowest BCUT2D eigenvalue weighted by molar-refractivity contribution is -0.138. The normalized spacial score (nSPS) is 12.4. The molecule has 14 heavy (non-hydrogen) atoms. The van der Waals surface area contributed by atoms with Crippen molar-refractivity contribution in [2.75, 3.05) is 6.54 Å². The molecule has 76 valence electrons. The summed E-state index contributed by atoms with van der Waals surface area (Å²) in [5.41, 5.74) is 1.11. The Bertz CT molecular complexity index is 287. The Morgan fingerprint density at radius 3 is 3.07 bits per heavy atom. The van der Waals surface area contributed by atoms with Gasteiger partial charge in [0.25, 0.3) is 0 Å². The van der Waals surface area contributed by atoms with Crippen molar-refractivity contribution < 1.29 is 9.90 Å². The zero-order valence-electron chi connectivity index (χ0n) is 8.10. The highest BCUT2D eigenvalue weighted by Gasteiger charge is 2.08. The van der Waals surface area contributed by atoms with Crippen LogP contribution in [0.2, 0.25) is 0 Å². The summed E-state index contributed by atoms with van der Waals surface area (Å²) in [4.78, 5) is 14.4. The molecule has 0 amide bonds. The fourth-order valence-corrected chi connectivity index (χ4v) is 1.07. The van der Waals surface area contributed by atoms with E-state index in [9.17, 15) is 4.79 Å². The summed E-state index contributed by atoms with van der Waals surface area (Å²) in [6, 6.07) is 3.35. The van der Waals surface area contributed by atoms with E-state index in [2.05, 4.69) is 10.3 Å². The molecular weight excluding hydrogens is 180 g/mol. The first kappa shape index (κ1) is 10.7. The predicted octanol–water partition coefficient (Wildman–Crippen LogP) is 0.687. The van der Waals surface area contributed by atoms with Crippen LogP contribution in [0, 0.1) is 0 Å². The Kier molecular flexibility index (Phi) is 4.07. The fraction of sp³-hybridized carbons (Fsp3) is 0.400. The highest BCUT2D eigenvalue weighted by molar-refractivity contribution is 5.72. The Morgan fingerprint density at radius 1 is 1.71 bits per heavy atom. The highest BCUT2D eigenvalue weighted by atomic mass is 16.4. The number of nitrogens with zero attached hydrogens (tertiary/aromatic N) is 1. The van der Waals surface area contributed by atoms with E-state index in [0.29, 0.717) is 6.54 Å². The number of hydrogen-bond acceptors (Lipinski definition) is 3. The zero-order valence-corrected chi connectivity index (χ0v) is 8.10. The summed E-state index contributed by atoms with van der Waals surface area (Å²) >= 11 is 0. The summed E-state index contributed by atoms with van der Waals surface area (Å²) in [7, 11) is 0. The number of carboxylic acid groups (broad SMARTS) is 1. The SMILES string of the molecule is CC(NCCc1cccnc1)C(=O)O. The van der Waals surface area contributed by atoms with E-state index in [4.69, 9.17) is 5.11 Å². The van der Waals surface area contributed by atoms with E-state index in [-0.39, 0.29) is 0 Å². The van der Waals surface area contributed by atoms with Gasteiger partial charge in [-0.3, -0.25) is 9.78 Å². The Hall–Kier alpha value is -1.42. The number of hydrogen-bond donors (Lipinski definition) is 2. The average Bonchev–Trinajstić information content (AvgIpc) is 2.19. The summed E-state index contributed by atoms with van der Waals surface area (Å²) in [6.07, 6.45) is 4.30. The van der Waals surface area contributed by atoms with Gasteiger partial charge in [-0.2, -0.15) is 0 Å². The molecule has 1 atom stereocenters. The van der Waals surface area contributed by atoms with E-state index in [1.54, 1.807) is 19.3 Å². The van der Waals surface area contributed by atoms with Gasteiger partial charge in [0.15, 0.2) is 0 Å². The van der Waals surface area contributed by atoms with Gasteiger partial charge in [0.2, 0.25) is 0 Å². The zero-order chi connectivity index (χ0) is 10.4. The molecule has 0 radical (unpaired) electrons. The molecule has 0 aliphatic heterocycles. The summed E-state index contributed by atoms with van der Waals surface area (Å²) in [6.45, 7) is 2.28. The van der Waals surface area contributed by atoms with E-state index < -0.39 is 12.0 Å². The first-order valence-corrected chi connectivity index (χ1v) is 4.55. The topological polar surface area (TPSA) is 62.2 Å². The maximum atomic E-state index is 10.5. The molecule has 0 bridgehead atoms. The van der Waals surface area contributed by atoms with E-state index >= 15 is 0 Å². The molecule has 0 fully saturated rings. The number of aliphatic carboxylic acids is 1. The van der Waals surface area contributed by atoms with E-state index in [1.807, 2.05) is 12.1 Å². The van der Waals surface area contributed by atoms with Crippen LogP contribution < -0.4 is 5.32 Å². The van der Waals surface area contributed by atoms with Gasteiger partial charge < -0.3 is 10.4 Å². The number of carboxylic acids is 1. The van der Waals surface area contributed by atoms with Crippen LogP contribution in [0.1, 0.15) is 12.5 Å². The van der Waals surface area contributed by atoms with Crippen LogP contribution in [-0.2, 0) is 11.2 Å². The second-order valence-electron chi connectivity index (χ2n) is 3.13. The minimum atomic E-state index is -0.823. The van der Waals surface area contributed by atoms with Crippen molar-refractivity contribution in [2.24, 2.45) is 0 Å². The standard InChI is InChI=1S/C10H14N2O2/c1-8(10(13)14)12-6-4-9-3-2-5-11-7-9/h2-3,5,7-8,12H,4,6H2,1H3,(H,13,14). The largest absolute Gasteiger partial charge is 0.480 e. The van der Waals surface area contributed by atoms with Gasteiger partial charge in [0.1, 0.15) is 6.04 Å². The molecule has 0 aromatic carbocycles. The van der Waals surface area contributed by atoms with Gasteiger partial charge in [-0.1, -0.05) is 6.07 Å². The molecule has 0 saturated heterocycles. The van der Waals surface area contributed by atoms with Crippen molar-refractivity contribution >= 4 is 5.97 Å². The number of nitrogens with one attached hydrogen (secondary N) is 1. The van der Waals surface area contributed by atoms with Gasteiger partial charge in [-0.15, -0.1) is 0 Å². The van der Waals surface area contributed by atoms with E-state index in [0.717, 1.165) is 12.0 Å². The number of pyridine rings is 1. The summed E-state index contributed by atoms with van der Waals surface area (Å²) in [5, 5.41) is 11.5. The molecule has 1 aromatic rings. The average molecular weight is 194 g/mol. The van der Waals surface area contributed by atoms with Crippen LogP contribution in [0.5, 0.6) is 0 Å². The number of aromatic nitrogens is 1. The predicted molar refractivity (Wildman–Crippen MR) is 53.0 cm³/mol. The maximum Gasteiger partial charge on any atom is 0.320 e. The molecule has 4 heteroatoms. The Labute approximate surface area is 83.0 Å². The fourth-order valence-electron chi connectivity index (χ4n) is 1.07. The van der Waals surface area contributed by atoms with Gasteiger partial charge in [-0.25, -0.2) is 0 Å². The number of rotatable bonds is 5. The van der Waals surface area contributed by atoms with Crippen LogP contribution in [0.3, 0.4) is 0 Å². The third kappa shape index (κ3) is 3.53. The molecule has 2 N–H and O–H groups in total. The highest BCUT2D eigenvalue weighted by Crippen LogP contribution is 1.95. The maximum absolute atomic E-state index is 10.5. The summed E-state index contributed by atoms with van der Waals surface area (Å²) in [5.74, 6) is -0.823. The van der Waals surface area contributed by atoms with Gasteiger partial charge in [0, 0.05) is 18.9 Å². The van der Waals surface area contributed by atoms with Crippen LogP contribution in [0.4, 0.5) is 0 Å². The molecule has 0 aliphatic rings. The first-order valence-electron chi connectivity index (χ1n) is 4.55. The quantitative estimate of drug-likeness (QED) is 0.723. The van der Waals surface area contributed by atoms with Crippen LogP contribution in [0.25, 0.3) is 0 Å². The van der Waals surface area contributed by atoms with Crippen LogP contribution in [-0.4, -0.2) is 28.6 Å². The van der Waals surface area contributed by atoms with Crippen molar-refractivity contribution in [1.29, 1.82) is 0 Å². The molecule has 0 spiro atoms. The second kappa shape index (κ2) is 5.34. The molecule has 0 saturated carbocycles. The van der Waals surface area contributed by atoms with Crippen LogP contribution >= 0.6 is 0 Å². The van der Waals surface area contributed by atoms with Crippen molar-refractivity contribution in [2.45, 2.75) is 19.4 Å². The Balaban J connectivity index is 2.26. The summed E-state index contributed by atoms with van der Waals surface area (Å²) < 4.78 is 0. The molecule has 0 aliphatic carbocycles. The Morgan fingerprint density at radius 2 is 2.50 bits per heavy atom. The van der Waals surface area contributed by atoms with Crippen molar-refractivity contribution in [3.05, 3.63) is 30.1 Å². The lowest BCUT2D eigenvalue weighted by atomic mass is 10.2. The van der Waals surface area contributed by atoms with Crippen molar-refractivity contribution in [3.8, 4) is 0 Å². The molecule has 1 aromatic heterocycles. The molecule has 4 nitrogen and oxygen atoms in total. The lowest BCUT2D eigenvalue weighted by Gasteiger charge is -2.08. The molecule has 1 unspecified atom stereocenters. The smallest absolute Gasteiger partial charge is 0.320 e. The minimum Gasteiger partial charge on any atom is -0.480 e. The lowest BCUT2D eigenvalue weighted by Crippen LogP contribution is -2.34. The minimum absolute atomic E-state index is 0.494. The molecule has 1 rings (SSSR count). The molecular formula is C10H14N2O2. The monoisotopic (exact) mass is 194 g/mol. The first-order chi connectivity index (χ1) is 6.70. The van der Waals surface area contributed by atoms with Crippen LogP contribution in [0.15, 0.2) is 24.5 Å². The van der Waals surface area contributed by atoms with E-state index in [1.165, 1.54) is 0 Å².